The highest BCUT2D eigenvalue weighted by atomic mass is 16.8. The van der Waals surface area contributed by atoms with Crippen molar-refractivity contribution in [1.29, 1.82) is 0 Å². The second-order valence-electron chi connectivity index (χ2n) is 5.60. The van der Waals surface area contributed by atoms with E-state index in [0.29, 0.717) is 6.61 Å². The van der Waals surface area contributed by atoms with E-state index < -0.39 is 29.4 Å². The quantitative estimate of drug-likeness (QED) is 0.816. The van der Waals surface area contributed by atoms with Gasteiger partial charge < -0.3 is 18.9 Å². The molecule has 0 aliphatic carbocycles. The van der Waals surface area contributed by atoms with Crippen molar-refractivity contribution in [3.05, 3.63) is 33.1 Å². The minimum atomic E-state index is -0.755. The summed E-state index contributed by atoms with van der Waals surface area (Å²) in [6.45, 7) is 3.94. The number of aromatic nitrogens is 2. The summed E-state index contributed by atoms with van der Waals surface area (Å²) < 4.78 is 24.0. The molecule has 2 aliphatic rings. The fraction of sp³-hybridized carbons (Fsp3) is 0.692. The van der Waals surface area contributed by atoms with Crippen LogP contribution in [0.2, 0.25) is 0 Å². The molecular weight excluding hydrogens is 280 g/mol. The van der Waals surface area contributed by atoms with E-state index in [0.717, 1.165) is 0 Å². The third kappa shape index (κ3) is 2.55. The number of methoxy groups -OCH3 is 1. The minimum Gasteiger partial charge on any atom is -0.382 e. The van der Waals surface area contributed by atoms with Gasteiger partial charge in [-0.2, -0.15) is 0 Å². The first-order valence-corrected chi connectivity index (χ1v) is 6.73. The normalized spacial score (nSPS) is 34.0. The van der Waals surface area contributed by atoms with Crippen LogP contribution in [0.25, 0.3) is 0 Å². The molecule has 0 amide bonds. The molecule has 0 unspecified atom stereocenters. The van der Waals surface area contributed by atoms with Gasteiger partial charge >= 0.3 is 5.69 Å². The van der Waals surface area contributed by atoms with Gasteiger partial charge in [0.15, 0.2) is 12.0 Å². The lowest BCUT2D eigenvalue weighted by Gasteiger charge is -2.24. The van der Waals surface area contributed by atoms with Crippen molar-refractivity contribution in [2.75, 3.05) is 13.7 Å². The Hall–Kier alpha value is -1.48. The molecular formula is C13H18N2O6. The summed E-state index contributed by atoms with van der Waals surface area (Å²) in [6.07, 6.45) is -0.383. The molecule has 3 rings (SSSR count). The standard InChI is InChI=1S/C13H18N2O6/c1-13(2)20-9-7(6-18-3)19-11(10(9)21-13)15-5-4-8(16)14-12(15)17/h4-5,7,9-11H,6H2,1-3H3,(H,14,16,17)/t7-,9-,10-,11-/m1/s1. The number of hydrogen-bond acceptors (Lipinski definition) is 6. The molecule has 0 saturated carbocycles. The third-order valence-electron chi connectivity index (χ3n) is 3.58. The molecule has 0 spiro atoms. The van der Waals surface area contributed by atoms with Crippen molar-refractivity contribution < 1.29 is 18.9 Å². The van der Waals surface area contributed by atoms with E-state index in [4.69, 9.17) is 18.9 Å². The summed E-state index contributed by atoms with van der Waals surface area (Å²) in [7, 11) is 1.57. The summed E-state index contributed by atoms with van der Waals surface area (Å²) in [5, 5.41) is 0. The first-order chi connectivity index (χ1) is 9.91. The lowest BCUT2D eigenvalue weighted by Crippen LogP contribution is -2.37. The second-order valence-corrected chi connectivity index (χ2v) is 5.60. The zero-order chi connectivity index (χ0) is 15.2. The molecule has 0 radical (unpaired) electrons. The van der Waals surface area contributed by atoms with Crippen LogP contribution in [0.15, 0.2) is 21.9 Å². The molecule has 1 aromatic heterocycles. The van der Waals surface area contributed by atoms with Gasteiger partial charge in [0.2, 0.25) is 0 Å². The number of rotatable bonds is 3. The van der Waals surface area contributed by atoms with Crippen LogP contribution in [0.1, 0.15) is 20.1 Å². The first kappa shape index (κ1) is 14.5. The first-order valence-electron chi connectivity index (χ1n) is 6.73. The zero-order valence-corrected chi connectivity index (χ0v) is 12.1. The van der Waals surface area contributed by atoms with Crippen LogP contribution in [0.3, 0.4) is 0 Å². The summed E-state index contributed by atoms with van der Waals surface area (Å²) in [5.41, 5.74) is -0.999. The molecule has 21 heavy (non-hydrogen) atoms. The van der Waals surface area contributed by atoms with Crippen molar-refractivity contribution >= 4 is 0 Å². The number of hydrogen-bond donors (Lipinski definition) is 1. The van der Waals surface area contributed by atoms with Crippen LogP contribution in [-0.4, -0.2) is 47.4 Å². The number of nitrogens with one attached hydrogen (secondary N) is 1. The maximum atomic E-state index is 11.9. The number of aromatic amines is 1. The molecule has 3 heterocycles. The van der Waals surface area contributed by atoms with Crippen molar-refractivity contribution in [1.82, 2.24) is 9.55 Å². The van der Waals surface area contributed by atoms with Gasteiger partial charge in [0.05, 0.1) is 6.61 Å². The predicted molar refractivity (Wildman–Crippen MR) is 70.9 cm³/mol. The largest absolute Gasteiger partial charge is 0.382 e. The number of ether oxygens (including phenoxy) is 4. The number of nitrogens with zero attached hydrogens (tertiary/aromatic N) is 1. The van der Waals surface area contributed by atoms with E-state index in [1.165, 1.54) is 16.8 Å². The number of H-pyrrole nitrogens is 1. The molecule has 1 N–H and O–H groups in total. The molecule has 116 valence electrons. The van der Waals surface area contributed by atoms with E-state index in [1.807, 2.05) is 13.8 Å². The Kier molecular flexibility index (Phi) is 3.48. The number of fused-ring (bicyclic) bond motifs is 1. The van der Waals surface area contributed by atoms with E-state index in [1.54, 1.807) is 7.11 Å². The van der Waals surface area contributed by atoms with Gasteiger partial charge in [-0.25, -0.2) is 4.79 Å². The van der Waals surface area contributed by atoms with Crippen LogP contribution in [0, 0.1) is 0 Å². The van der Waals surface area contributed by atoms with E-state index in [2.05, 4.69) is 4.98 Å². The molecule has 2 saturated heterocycles. The van der Waals surface area contributed by atoms with Gasteiger partial charge in [-0.1, -0.05) is 0 Å². The Bertz CT molecular complexity index is 636. The Morgan fingerprint density at radius 3 is 2.71 bits per heavy atom. The maximum absolute atomic E-state index is 11.9. The van der Waals surface area contributed by atoms with Crippen LogP contribution >= 0.6 is 0 Å². The molecule has 8 heteroatoms. The van der Waals surface area contributed by atoms with Crippen LogP contribution in [0.4, 0.5) is 0 Å². The van der Waals surface area contributed by atoms with Gasteiger partial charge in [0.25, 0.3) is 5.56 Å². The maximum Gasteiger partial charge on any atom is 0.330 e. The van der Waals surface area contributed by atoms with Gasteiger partial charge in [-0.3, -0.25) is 14.3 Å². The smallest absolute Gasteiger partial charge is 0.330 e. The van der Waals surface area contributed by atoms with Gasteiger partial charge in [-0.05, 0) is 13.8 Å². The molecule has 2 fully saturated rings. The molecule has 1 aromatic rings. The predicted octanol–water partition coefficient (Wildman–Crippen LogP) is -0.399. The average Bonchev–Trinajstić information content (AvgIpc) is 2.85. The minimum absolute atomic E-state index is 0.329. The highest BCUT2D eigenvalue weighted by Gasteiger charge is 2.56. The van der Waals surface area contributed by atoms with Crippen molar-refractivity contribution in [3.8, 4) is 0 Å². The topological polar surface area (TPSA) is 91.8 Å². The molecule has 8 nitrogen and oxygen atoms in total. The average molecular weight is 298 g/mol. The summed E-state index contributed by atoms with van der Waals surface area (Å²) in [6, 6.07) is 1.27. The van der Waals surface area contributed by atoms with E-state index in [9.17, 15) is 9.59 Å². The molecule has 2 aliphatic heterocycles. The fourth-order valence-electron chi connectivity index (χ4n) is 2.81. The van der Waals surface area contributed by atoms with Gasteiger partial charge in [0, 0.05) is 19.4 Å². The molecule has 4 atom stereocenters. The Labute approximate surface area is 120 Å². The molecule has 0 aromatic carbocycles. The Morgan fingerprint density at radius 1 is 1.33 bits per heavy atom. The van der Waals surface area contributed by atoms with Crippen molar-refractivity contribution in [2.24, 2.45) is 0 Å². The van der Waals surface area contributed by atoms with Crippen molar-refractivity contribution in [2.45, 2.75) is 44.2 Å². The lowest BCUT2D eigenvalue weighted by molar-refractivity contribution is -0.201. The summed E-state index contributed by atoms with van der Waals surface area (Å²) in [4.78, 5) is 25.3. The highest BCUT2D eigenvalue weighted by Crippen LogP contribution is 2.42. The van der Waals surface area contributed by atoms with Crippen LogP contribution in [-0.2, 0) is 18.9 Å². The van der Waals surface area contributed by atoms with Gasteiger partial charge in [-0.15, -0.1) is 0 Å². The van der Waals surface area contributed by atoms with E-state index >= 15 is 0 Å². The zero-order valence-electron chi connectivity index (χ0n) is 12.1. The summed E-state index contributed by atoms with van der Waals surface area (Å²) in [5.74, 6) is -0.755. The van der Waals surface area contributed by atoms with E-state index in [-0.39, 0.29) is 12.2 Å². The van der Waals surface area contributed by atoms with Crippen molar-refractivity contribution in [3.63, 3.8) is 0 Å². The highest BCUT2D eigenvalue weighted by molar-refractivity contribution is 4.98. The molecule has 0 bridgehead atoms. The fourth-order valence-corrected chi connectivity index (χ4v) is 2.81. The van der Waals surface area contributed by atoms with Crippen LogP contribution < -0.4 is 11.2 Å². The third-order valence-corrected chi connectivity index (χ3v) is 3.58. The Balaban J connectivity index is 1.95. The van der Waals surface area contributed by atoms with Crippen LogP contribution in [0.5, 0.6) is 0 Å². The Morgan fingerprint density at radius 2 is 2.05 bits per heavy atom. The van der Waals surface area contributed by atoms with Gasteiger partial charge in [0.1, 0.15) is 18.3 Å². The summed E-state index contributed by atoms with van der Waals surface area (Å²) >= 11 is 0. The second kappa shape index (κ2) is 5.06. The monoisotopic (exact) mass is 298 g/mol. The SMILES string of the molecule is COC[C@H]1O[C@@H](n2ccc(=O)[nH]c2=O)[C@@H]2OC(C)(C)O[C@@H]21. The lowest BCUT2D eigenvalue weighted by atomic mass is 10.1.